The summed E-state index contributed by atoms with van der Waals surface area (Å²) in [5.74, 6) is -3.90. The standard InChI is InChI=1S/C21H19F2N3O4/c22-16-7-6-15(12-17(16)23)24-19(27)13-30-21(29)9-8-20(28)26-11-10-18(25-26)14-4-2-1-3-5-14/h1-7,12H,8-11,13H2,(H,24,27). The summed E-state index contributed by atoms with van der Waals surface area (Å²) in [6.45, 7) is -0.166. The lowest BCUT2D eigenvalue weighted by Crippen LogP contribution is -2.25. The quantitative estimate of drug-likeness (QED) is 0.705. The highest BCUT2D eigenvalue weighted by molar-refractivity contribution is 6.02. The van der Waals surface area contributed by atoms with Gasteiger partial charge in [0.25, 0.3) is 5.91 Å². The third kappa shape index (κ3) is 5.69. The predicted octanol–water partition coefficient (Wildman–Crippen LogP) is 2.86. The largest absolute Gasteiger partial charge is 0.456 e. The first-order chi connectivity index (χ1) is 14.4. The fraction of sp³-hybridized carbons (Fsp3) is 0.238. The summed E-state index contributed by atoms with van der Waals surface area (Å²) < 4.78 is 30.8. The van der Waals surface area contributed by atoms with Gasteiger partial charge in [-0.25, -0.2) is 13.8 Å². The van der Waals surface area contributed by atoms with Crippen molar-refractivity contribution in [2.45, 2.75) is 19.3 Å². The number of anilines is 1. The van der Waals surface area contributed by atoms with E-state index in [0.29, 0.717) is 13.0 Å². The van der Waals surface area contributed by atoms with E-state index in [1.165, 1.54) is 11.1 Å². The van der Waals surface area contributed by atoms with E-state index in [2.05, 4.69) is 10.4 Å². The van der Waals surface area contributed by atoms with Gasteiger partial charge in [-0.15, -0.1) is 0 Å². The van der Waals surface area contributed by atoms with Gasteiger partial charge in [-0.2, -0.15) is 5.10 Å². The van der Waals surface area contributed by atoms with Gasteiger partial charge in [-0.05, 0) is 17.7 Å². The van der Waals surface area contributed by atoms with E-state index in [4.69, 9.17) is 4.74 Å². The zero-order valence-corrected chi connectivity index (χ0v) is 15.9. The Balaban J connectivity index is 1.40. The number of benzene rings is 2. The molecule has 1 aliphatic rings. The van der Waals surface area contributed by atoms with Gasteiger partial charge >= 0.3 is 5.97 Å². The van der Waals surface area contributed by atoms with Crippen molar-refractivity contribution in [1.29, 1.82) is 0 Å². The SMILES string of the molecule is O=C(COC(=O)CCC(=O)N1CCC(c2ccccc2)=N1)Nc1ccc(F)c(F)c1. The molecule has 0 spiro atoms. The second-order valence-electron chi connectivity index (χ2n) is 6.52. The lowest BCUT2D eigenvalue weighted by Gasteiger charge is -2.11. The van der Waals surface area contributed by atoms with E-state index in [0.717, 1.165) is 23.4 Å². The lowest BCUT2D eigenvalue weighted by molar-refractivity contribution is -0.148. The molecule has 1 heterocycles. The van der Waals surface area contributed by atoms with Crippen LogP contribution in [0.5, 0.6) is 0 Å². The third-order valence-electron chi connectivity index (χ3n) is 4.31. The van der Waals surface area contributed by atoms with Gasteiger partial charge in [-0.3, -0.25) is 14.4 Å². The van der Waals surface area contributed by atoms with Crippen LogP contribution in [-0.4, -0.2) is 41.7 Å². The molecule has 0 aromatic heterocycles. The van der Waals surface area contributed by atoms with Crippen molar-refractivity contribution >= 4 is 29.2 Å². The number of hydrogen-bond acceptors (Lipinski definition) is 5. The van der Waals surface area contributed by atoms with Crippen LogP contribution in [0.4, 0.5) is 14.5 Å². The molecule has 0 atom stereocenters. The number of nitrogens with zero attached hydrogens (tertiary/aromatic N) is 2. The molecule has 0 radical (unpaired) electrons. The number of halogens is 2. The molecule has 1 N–H and O–H groups in total. The summed E-state index contributed by atoms with van der Waals surface area (Å²) >= 11 is 0. The Morgan fingerprint density at radius 3 is 2.53 bits per heavy atom. The van der Waals surface area contributed by atoms with Crippen LogP contribution in [0.2, 0.25) is 0 Å². The molecular weight excluding hydrogens is 396 g/mol. The molecule has 0 aliphatic carbocycles. The topological polar surface area (TPSA) is 88.1 Å². The minimum Gasteiger partial charge on any atom is -0.456 e. The highest BCUT2D eigenvalue weighted by Gasteiger charge is 2.22. The smallest absolute Gasteiger partial charge is 0.306 e. The molecule has 0 saturated carbocycles. The molecule has 0 bridgehead atoms. The summed E-state index contributed by atoms with van der Waals surface area (Å²) in [7, 11) is 0. The number of carbonyl (C=O) groups is 3. The number of esters is 1. The number of ether oxygens (including phenoxy) is 1. The normalized spacial score (nSPS) is 13.0. The summed E-state index contributed by atoms with van der Waals surface area (Å²) in [6.07, 6.45) is 0.323. The van der Waals surface area contributed by atoms with Crippen molar-refractivity contribution in [3.63, 3.8) is 0 Å². The van der Waals surface area contributed by atoms with Gasteiger partial charge in [0.2, 0.25) is 5.91 Å². The zero-order valence-electron chi connectivity index (χ0n) is 15.9. The number of carbonyl (C=O) groups excluding carboxylic acids is 3. The Bertz CT molecular complexity index is 979. The molecule has 1 aliphatic heterocycles. The lowest BCUT2D eigenvalue weighted by atomic mass is 10.1. The molecule has 2 aromatic rings. The van der Waals surface area contributed by atoms with Crippen molar-refractivity contribution in [2.24, 2.45) is 5.10 Å². The van der Waals surface area contributed by atoms with Crippen molar-refractivity contribution < 1.29 is 27.9 Å². The van der Waals surface area contributed by atoms with Gasteiger partial charge in [0.05, 0.1) is 18.7 Å². The highest BCUT2D eigenvalue weighted by atomic mass is 19.2. The summed E-state index contributed by atoms with van der Waals surface area (Å²) in [5.41, 5.74) is 1.78. The molecule has 9 heteroatoms. The van der Waals surface area contributed by atoms with Crippen LogP contribution >= 0.6 is 0 Å². The van der Waals surface area contributed by atoms with E-state index in [9.17, 15) is 23.2 Å². The van der Waals surface area contributed by atoms with Gasteiger partial charge in [0, 0.05) is 24.6 Å². The van der Waals surface area contributed by atoms with E-state index >= 15 is 0 Å². The minimum atomic E-state index is -1.11. The number of rotatable bonds is 7. The van der Waals surface area contributed by atoms with Crippen LogP contribution < -0.4 is 5.32 Å². The first-order valence-electron chi connectivity index (χ1n) is 9.26. The van der Waals surface area contributed by atoms with Crippen LogP contribution in [0.3, 0.4) is 0 Å². The zero-order chi connectivity index (χ0) is 21.5. The van der Waals surface area contributed by atoms with Gasteiger partial charge < -0.3 is 10.1 Å². The van der Waals surface area contributed by atoms with E-state index < -0.39 is 30.1 Å². The maximum Gasteiger partial charge on any atom is 0.306 e. The van der Waals surface area contributed by atoms with Gasteiger partial charge in [0.15, 0.2) is 18.2 Å². The number of nitrogens with one attached hydrogen (secondary N) is 1. The minimum absolute atomic E-state index is 0.0336. The Hall–Kier alpha value is -3.62. The molecule has 7 nitrogen and oxygen atoms in total. The summed E-state index contributed by atoms with van der Waals surface area (Å²) in [4.78, 5) is 35.8. The fourth-order valence-corrected chi connectivity index (χ4v) is 2.80. The second kappa shape index (κ2) is 9.73. The number of hydrazone groups is 1. The molecule has 156 valence electrons. The van der Waals surface area contributed by atoms with E-state index in [1.807, 2.05) is 30.3 Å². The molecule has 0 unspecified atom stereocenters. The Morgan fingerprint density at radius 1 is 1.03 bits per heavy atom. The molecule has 0 saturated heterocycles. The highest BCUT2D eigenvalue weighted by Crippen LogP contribution is 2.15. The maximum absolute atomic E-state index is 13.1. The van der Waals surface area contributed by atoms with Crippen LogP contribution in [0, 0.1) is 11.6 Å². The van der Waals surface area contributed by atoms with Gasteiger partial charge in [-0.1, -0.05) is 30.3 Å². The summed E-state index contributed by atoms with van der Waals surface area (Å²) in [5, 5.41) is 7.90. The van der Waals surface area contributed by atoms with Crippen molar-refractivity contribution in [1.82, 2.24) is 5.01 Å². The Morgan fingerprint density at radius 2 is 1.80 bits per heavy atom. The first-order valence-corrected chi connectivity index (χ1v) is 9.26. The first kappa shape index (κ1) is 21.1. The predicted molar refractivity (Wildman–Crippen MR) is 104 cm³/mol. The fourth-order valence-electron chi connectivity index (χ4n) is 2.80. The molecular formula is C21H19F2N3O4. The molecule has 2 amide bonds. The van der Waals surface area contributed by atoms with E-state index in [1.54, 1.807) is 0 Å². The van der Waals surface area contributed by atoms with Crippen LogP contribution in [0.15, 0.2) is 53.6 Å². The van der Waals surface area contributed by atoms with E-state index in [-0.39, 0.29) is 24.4 Å². The van der Waals surface area contributed by atoms with Crippen molar-refractivity contribution in [3.05, 3.63) is 65.7 Å². The number of hydrogen-bond donors (Lipinski definition) is 1. The maximum atomic E-state index is 13.1. The van der Waals surface area contributed by atoms with Crippen LogP contribution in [-0.2, 0) is 19.1 Å². The molecule has 2 aromatic carbocycles. The van der Waals surface area contributed by atoms with Gasteiger partial charge in [0.1, 0.15) is 0 Å². The van der Waals surface area contributed by atoms with Crippen LogP contribution in [0.1, 0.15) is 24.8 Å². The average molecular weight is 415 g/mol. The van der Waals surface area contributed by atoms with Crippen LogP contribution in [0.25, 0.3) is 0 Å². The Labute approximate surface area is 171 Å². The molecule has 30 heavy (non-hydrogen) atoms. The third-order valence-corrected chi connectivity index (χ3v) is 4.31. The number of amides is 2. The monoisotopic (exact) mass is 415 g/mol. The van der Waals surface area contributed by atoms with Crippen molar-refractivity contribution in [2.75, 3.05) is 18.5 Å². The summed E-state index contributed by atoms with van der Waals surface area (Å²) in [6, 6.07) is 12.4. The van der Waals surface area contributed by atoms with Crippen molar-refractivity contribution in [3.8, 4) is 0 Å². The molecule has 0 fully saturated rings. The second-order valence-corrected chi connectivity index (χ2v) is 6.52. The molecule has 3 rings (SSSR count). The Kier molecular flexibility index (Phi) is 6.84. The average Bonchev–Trinajstić information content (AvgIpc) is 3.24.